The van der Waals surface area contributed by atoms with Gasteiger partial charge in [0.05, 0.1) is 6.04 Å². The molecule has 0 aliphatic heterocycles. The van der Waals surface area contributed by atoms with E-state index >= 15 is 0 Å². The van der Waals surface area contributed by atoms with Gasteiger partial charge in [-0.15, -0.1) is 0 Å². The largest absolute Gasteiger partial charge is 0.289 e. The third kappa shape index (κ3) is 3.80. The first-order valence-corrected chi connectivity index (χ1v) is 10.9. The number of benzene rings is 1. The molecular formula is C13H19NSSi. The van der Waals surface area contributed by atoms with Gasteiger partial charge in [0.25, 0.3) is 0 Å². The van der Waals surface area contributed by atoms with Gasteiger partial charge in [0.15, 0.2) is 0 Å². The molecule has 0 unspecified atom stereocenters. The molecule has 0 N–H and O–H groups in total. The summed E-state index contributed by atoms with van der Waals surface area (Å²) in [5.74, 6) is 0. The molecule has 0 atom stereocenters. The van der Waals surface area contributed by atoms with E-state index in [2.05, 4.69) is 55.1 Å². The molecule has 0 heterocycles. The molecule has 1 aromatic rings. The Balaban J connectivity index is 2.16. The molecule has 1 saturated carbocycles. The van der Waals surface area contributed by atoms with Crippen molar-refractivity contribution in [3.05, 3.63) is 29.8 Å². The summed E-state index contributed by atoms with van der Waals surface area (Å²) >= 11 is 2.05. The van der Waals surface area contributed by atoms with Crippen molar-refractivity contribution < 1.29 is 0 Å². The third-order valence-corrected chi connectivity index (χ3v) is 6.01. The van der Waals surface area contributed by atoms with E-state index in [0.717, 1.165) is 0 Å². The van der Waals surface area contributed by atoms with Gasteiger partial charge in [-0.05, 0) is 18.9 Å². The molecule has 0 aromatic heterocycles. The molecule has 0 spiro atoms. The fourth-order valence-electron chi connectivity index (χ4n) is 1.42. The van der Waals surface area contributed by atoms with Gasteiger partial charge in [-0.1, -0.05) is 37.8 Å². The number of aliphatic imine (C=N–C) groups is 1. The van der Waals surface area contributed by atoms with Gasteiger partial charge in [-0.25, -0.2) is 0 Å². The lowest BCUT2D eigenvalue weighted by Crippen LogP contribution is -2.13. The van der Waals surface area contributed by atoms with E-state index in [1.54, 1.807) is 0 Å². The second kappa shape index (κ2) is 4.76. The zero-order valence-corrected chi connectivity index (χ0v) is 12.1. The van der Waals surface area contributed by atoms with E-state index in [1.807, 2.05) is 11.2 Å². The summed E-state index contributed by atoms with van der Waals surface area (Å²) in [6.07, 6.45) is 4.62. The van der Waals surface area contributed by atoms with Crippen LogP contribution < -0.4 is 0 Å². The van der Waals surface area contributed by atoms with Crippen LogP contribution in [-0.4, -0.2) is 19.5 Å². The SMILES string of the molecule is C[Si](C)(C)Sc1ccccc1C=NC1CC1. The fraction of sp³-hybridized carbons (Fsp3) is 0.462. The highest BCUT2D eigenvalue weighted by atomic mass is 32.4. The van der Waals surface area contributed by atoms with Crippen LogP contribution in [0.15, 0.2) is 34.2 Å². The van der Waals surface area contributed by atoms with Crippen molar-refractivity contribution in [2.75, 3.05) is 0 Å². The van der Waals surface area contributed by atoms with Crippen LogP contribution in [0.3, 0.4) is 0 Å². The Morgan fingerprint density at radius 3 is 2.56 bits per heavy atom. The van der Waals surface area contributed by atoms with Crippen molar-refractivity contribution >= 4 is 24.6 Å². The molecule has 1 fully saturated rings. The maximum atomic E-state index is 4.57. The van der Waals surface area contributed by atoms with Gasteiger partial charge < -0.3 is 0 Å². The molecule has 16 heavy (non-hydrogen) atoms. The molecule has 3 heteroatoms. The van der Waals surface area contributed by atoms with Crippen LogP contribution in [-0.2, 0) is 0 Å². The van der Waals surface area contributed by atoms with E-state index in [4.69, 9.17) is 0 Å². The highest BCUT2D eigenvalue weighted by Crippen LogP contribution is 2.31. The quantitative estimate of drug-likeness (QED) is 0.575. The zero-order chi connectivity index (χ0) is 11.6. The van der Waals surface area contributed by atoms with E-state index in [9.17, 15) is 0 Å². The van der Waals surface area contributed by atoms with Crippen molar-refractivity contribution in [3.8, 4) is 0 Å². The van der Waals surface area contributed by atoms with Crippen molar-refractivity contribution in [2.45, 2.75) is 43.4 Å². The Bertz CT molecular complexity index is 391. The molecule has 2 rings (SSSR count). The second-order valence-electron chi connectivity index (χ2n) is 5.26. The maximum Gasteiger partial charge on any atom is 0.114 e. The van der Waals surface area contributed by atoms with Crippen LogP contribution in [0, 0.1) is 0 Å². The monoisotopic (exact) mass is 249 g/mol. The Kier molecular flexibility index (Phi) is 3.55. The number of rotatable bonds is 4. The lowest BCUT2D eigenvalue weighted by Gasteiger charge is -2.16. The minimum absolute atomic E-state index is 0.616. The van der Waals surface area contributed by atoms with Crippen LogP contribution in [0.1, 0.15) is 18.4 Å². The Labute approximate surface area is 103 Å². The summed E-state index contributed by atoms with van der Waals surface area (Å²) in [4.78, 5) is 5.97. The minimum atomic E-state index is -1.12. The Hall–Kier alpha value is -0.543. The van der Waals surface area contributed by atoms with Crippen LogP contribution in [0.4, 0.5) is 0 Å². The molecule has 1 aliphatic rings. The molecule has 86 valence electrons. The average molecular weight is 249 g/mol. The van der Waals surface area contributed by atoms with Crippen molar-refractivity contribution in [3.63, 3.8) is 0 Å². The molecule has 0 amide bonds. The summed E-state index contributed by atoms with van der Waals surface area (Å²) < 4.78 is 0. The third-order valence-electron chi connectivity index (χ3n) is 2.31. The first kappa shape index (κ1) is 11.9. The average Bonchev–Trinajstić information content (AvgIpc) is 2.98. The lowest BCUT2D eigenvalue weighted by atomic mass is 10.2. The fourth-order valence-corrected chi connectivity index (χ4v) is 5.00. The highest BCUT2D eigenvalue weighted by Gasteiger charge is 2.20. The standard InChI is InChI=1S/C13H19NSSi/c1-16(2,3)15-13-7-5-4-6-11(13)10-14-12-8-9-12/h4-7,10,12H,8-9H2,1-3H3. The first-order chi connectivity index (χ1) is 7.54. The summed E-state index contributed by atoms with van der Waals surface area (Å²) in [5, 5.41) is 0. The van der Waals surface area contributed by atoms with E-state index in [1.165, 1.54) is 23.3 Å². The summed E-state index contributed by atoms with van der Waals surface area (Å²) in [6.45, 7) is 7.14. The Morgan fingerprint density at radius 1 is 1.25 bits per heavy atom. The van der Waals surface area contributed by atoms with Gasteiger partial charge >= 0.3 is 0 Å². The summed E-state index contributed by atoms with van der Waals surface area (Å²) in [7, 11) is -1.12. The second-order valence-corrected chi connectivity index (χ2v) is 14.4. The number of hydrogen-bond acceptors (Lipinski definition) is 2. The van der Waals surface area contributed by atoms with Crippen molar-refractivity contribution in [1.29, 1.82) is 0 Å². The van der Waals surface area contributed by atoms with Crippen LogP contribution >= 0.6 is 11.2 Å². The topological polar surface area (TPSA) is 12.4 Å². The highest BCUT2D eigenvalue weighted by molar-refractivity contribution is 8.28. The first-order valence-electron chi connectivity index (χ1n) is 5.86. The molecule has 0 bridgehead atoms. The molecule has 0 saturated heterocycles. The van der Waals surface area contributed by atoms with E-state index in [0.29, 0.717) is 6.04 Å². The smallest absolute Gasteiger partial charge is 0.114 e. The molecule has 0 radical (unpaired) electrons. The molecule has 1 nitrogen and oxygen atoms in total. The lowest BCUT2D eigenvalue weighted by molar-refractivity contribution is 1.07. The minimum Gasteiger partial charge on any atom is -0.289 e. The van der Waals surface area contributed by atoms with Crippen molar-refractivity contribution in [2.24, 2.45) is 4.99 Å². The Morgan fingerprint density at radius 2 is 1.94 bits per heavy atom. The summed E-state index contributed by atoms with van der Waals surface area (Å²) in [6, 6.07) is 9.23. The van der Waals surface area contributed by atoms with Gasteiger partial charge in [0.2, 0.25) is 0 Å². The number of hydrogen-bond donors (Lipinski definition) is 0. The predicted octanol–water partition coefficient (Wildman–Crippen LogP) is 4.19. The van der Waals surface area contributed by atoms with E-state index < -0.39 is 7.22 Å². The number of nitrogens with zero attached hydrogens (tertiary/aromatic N) is 1. The van der Waals surface area contributed by atoms with Gasteiger partial charge in [0.1, 0.15) is 7.22 Å². The van der Waals surface area contributed by atoms with Crippen LogP contribution in [0.2, 0.25) is 19.6 Å². The molecule has 1 aliphatic carbocycles. The normalized spacial score (nSPS) is 16.9. The van der Waals surface area contributed by atoms with Gasteiger partial charge in [0, 0.05) is 16.7 Å². The molecular weight excluding hydrogens is 230 g/mol. The van der Waals surface area contributed by atoms with Gasteiger partial charge in [-0.3, -0.25) is 4.99 Å². The predicted molar refractivity (Wildman–Crippen MR) is 76.3 cm³/mol. The zero-order valence-electron chi connectivity index (χ0n) is 10.2. The van der Waals surface area contributed by atoms with Gasteiger partial charge in [-0.2, -0.15) is 11.2 Å². The van der Waals surface area contributed by atoms with E-state index in [-0.39, 0.29) is 0 Å². The van der Waals surface area contributed by atoms with Crippen LogP contribution in [0.25, 0.3) is 0 Å². The van der Waals surface area contributed by atoms with Crippen molar-refractivity contribution in [1.82, 2.24) is 0 Å². The summed E-state index contributed by atoms with van der Waals surface area (Å²) in [5.41, 5.74) is 1.29. The van der Waals surface area contributed by atoms with Crippen LogP contribution in [0.5, 0.6) is 0 Å². The maximum absolute atomic E-state index is 4.57. The molecule has 1 aromatic carbocycles.